The molecule has 0 bridgehead atoms. The molecule has 2 rings (SSSR count). The highest BCUT2D eigenvalue weighted by atomic mass is 35.5. The summed E-state index contributed by atoms with van der Waals surface area (Å²) < 4.78 is 0. The third-order valence-electron chi connectivity index (χ3n) is 3.04. The molecule has 0 aliphatic carbocycles. The van der Waals surface area contributed by atoms with Crippen molar-refractivity contribution < 1.29 is 0 Å². The van der Waals surface area contributed by atoms with Gasteiger partial charge in [-0.3, -0.25) is 4.99 Å². The van der Waals surface area contributed by atoms with Crippen LogP contribution in [0, 0.1) is 0 Å². The number of benzene rings is 2. The standard InChI is InChI=1S/C17H20ClN3/c1-21(2)17-8-6-14(7-9-17)13-19-10-11-20-16-5-3-4-15(18)12-16/h3-9,12-13,20H,10-11H2,1-2H3. The summed E-state index contributed by atoms with van der Waals surface area (Å²) in [6.07, 6.45) is 1.90. The highest BCUT2D eigenvalue weighted by Gasteiger charge is 1.94. The van der Waals surface area contributed by atoms with Crippen molar-refractivity contribution in [3.05, 3.63) is 59.1 Å². The molecule has 0 radical (unpaired) electrons. The molecule has 21 heavy (non-hydrogen) atoms. The van der Waals surface area contributed by atoms with Crippen molar-refractivity contribution in [2.75, 3.05) is 37.4 Å². The Hall–Kier alpha value is -2.00. The van der Waals surface area contributed by atoms with E-state index in [2.05, 4.69) is 39.5 Å². The Bertz CT molecular complexity index is 591. The number of aliphatic imine (C=N–C) groups is 1. The van der Waals surface area contributed by atoms with Crippen molar-refractivity contribution in [2.45, 2.75) is 0 Å². The summed E-state index contributed by atoms with van der Waals surface area (Å²) in [5, 5.41) is 4.03. The van der Waals surface area contributed by atoms with Crippen molar-refractivity contribution in [1.82, 2.24) is 0 Å². The van der Waals surface area contributed by atoms with Crippen molar-refractivity contribution >= 4 is 29.2 Å². The molecule has 2 aromatic carbocycles. The van der Waals surface area contributed by atoms with Crippen LogP contribution < -0.4 is 10.2 Å². The predicted molar refractivity (Wildman–Crippen MR) is 93.2 cm³/mol. The molecule has 0 spiro atoms. The average molecular weight is 302 g/mol. The predicted octanol–water partition coefficient (Wildman–Crippen LogP) is 3.94. The van der Waals surface area contributed by atoms with Gasteiger partial charge in [0, 0.05) is 43.3 Å². The minimum Gasteiger partial charge on any atom is -0.383 e. The molecule has 3 nitrogen and oxygen atoms in total. The molecule has 0 fully saturated rings. The second kappa shape index (κ2) is 7.70. The SMILES string of the molecule is CN(C)c1ccc(C=NCCNc2cccc(Cl)c2)cc1. The first-order valence-electron chi connectivity index (χ1n) is 6.92. The van der Waals surface area contributed by atoms with Crippen LogP contribution in [-0.2, 0) is 0 Å². The van der Waals surface area contributed by atoms with Crippen LogP contribution in [0.15, 0.2) is 53.5 Å². The number of anilines is 2. The van der Waals surface area contributed by atoms with Gasteiger partial charge in [0.2, 0.25) is 0 Å². The van der Waals surface area contributed by atoms with Crippen LogP contribution in [0.3, 0.4) is 0 Å². The number of halogens is 1. The van der Waals surface area contributed by atoms with E-state index >= 15 is 0 Å². The topological polar surface area (TPSA) is 27.6 Å². The van der Waals surface area contributed by atoms with Gasteiger partial charge in [0.05, 0.1) is 6.54 Å². The molecule has 0 saturated heterocycles. The van der Waals surface area contributed by atoms with E-state index in [0.717, 1.165) is 29.4 Å². The fourth-order valence-electron chi connectivity index (χ4n) is 1.89. The molecule has 0 saturated carbocycles. The third-order valence-corrected chi connectivity index (χ3v) is 3.28. The first-order chi connectivity index (χ1) is 10.1. The van der Waals surface area contributed by atoms with Crippen molar-refractivity contribution in [2.24, 2.45) is 4.99 Å². The average Bonchev–Trinajstić information content (AvgIpc) is 2.47. The third kappa shape index (κ3) is 5.12. The Morgan fingerprint density at radius 3 is 2.57 bits per heavy atom. The maximum atomic E-state index is 5.93. The maximum absolute atomic E-state index is 5.93. The van der Waals surface area contributed by atoms with E-state index in [4.69, 9.17) is 11.6 Å². The second-order valence-corrected chi connectivity index (χ2v) is 5.39. The lowest BCUT2D eigenvalue weighted by molar-refractivity contribution is 1.03. The van der Waals surface area contributed by atoms with Crippen molar-refractivity contribution in [1.29, 1.82) is 0 Å². The molecule has 0 heterocycles. The van der Waals surface area contributed by atoms with Crippen LogP contribution in [0.4, 0.5) is 11.4 Å². The van der Waals surface area contributed by atoms with Gasteiger partial charge in [-0.25, -0.2) is 0 Å². The second-order valence-electron chi connectivity index (χ2n) is 4.96. The van der Waals surface area contributed by atoms with Gasteiger partial charge in [0.25, 0.3) is 0 Å². The number of hydrogen-bond acceptors (Lipinski definition) is 3. The van der Waals surface area contributed by atoms with Gasteiger partial charge in [-0.2, -0.15) is 0 Å². The van der Waals surface area contributed by atoms with Crippen LogP contribution in [0.5, 0.6) is 0 Å². The summed E-state index contributed by atoms with van der Waals surface area (Å²) in [6, 6.07) is 16.0. The molecular weight excluding hydrogens is 282 g/mol. The largest absolute Gasteiger partial charge is 0.383 e. The first-order valence-corrected chi connectivity index (χ1v) is 7.29. The summed E-state index contributed by atoms with van der Waals surface area (Å²) in [5.41, 5.74) is 3.33. The van der Waals surface area contributed by atoms with Gasteiger partial charge < -0.3 is 10.2 Å². The van der Waals surface area contributed by atoms with Crippen LogP contribution in [0.25, 0.3) is 0 Å². The normalized spacial score (nSPS) is 10.8. The summed E-state index contributed by atoms with van der Waals surface area (Å²) in [7, 11) is 4.06. The molecule has 4 heteroatoms. The quantitative estimate of drug-likeness (QED) is 0.646. The summed E-state index contributed by atoms with van der Waals surface area (Å²) >= 11 is 5.93. The van der Waals surface area contributed by atoms with Crippen LogP contribution in [0.2, 0.25) is 5.02 Å². The van der Waals surface area contributed by atoms with Crippen LogP contribution >= 0.6 is 11.6 Å². The van der Waals surface area contributed by atoms with E-state index in [1.807, 2.05) is 44.6 Å². The zero-order chi connectivity index (χ0) is 15.1. The molecule has 0 unspecified atom stereocenters. The summed E-state index contributed by atoms with van der Waals surface area (Å²) in [6.45, 7) is 1.51. The minimum absolute atomic E-state index is 0.724. The Morgan fingerprint density at radius 2 is 1.90 bits per heavy atom. The molecule has 0 aliphatic heterocycles. The lowest BCUT2D eigenvalue weighted by Crippen LogP contribution is -2.08. The smallest absolute Gasteiger partial charge is 0.0562 e. The zero-order valence-electron chi connectivity index (χ0n) is 12.4. The molecule has 0 aromatic heterocycles. The maximum Gasteiger partial charge on any atom is 0.0562 e. The van der Waals surface area contributed by atoms with E-state index < -0.39 is 0 Å². The Labute approximate surface area is 131 Å². The van der Waals surface area contributed by atoms with E-state index in [0.29, 0.717) is 0 Å². The van der Waals surface area contributed by atoms with E-state index in [1.165, 1.54) is 5.69 Å². The molecule has 0 amide bonds. The fourth-order valence-corrected chi connectivity index (χ4v) is 2.08. The molecule has 1 N–H and O–H groups in total. The monoisotopic (exact) mass is 301 g/mol. The van der Waals surface area contributed by atoms with Crippen LogP contribution in [0.1, 0.15) is 5.56 Å². The fraction of sp³-hybridized carbons (Fsp3) is 0.235. The van der Waals surface area contributed by atoms with Gasteiger partial charge in [0.1, 0.15) is 0 Å². The number of rotatable bonds is 6. The number of hydrogen-bond donors (Lipinski definition) is 1. The van der Waals surface area contributed by atoms with E-state index in [1.54, 1.807) is 0 Å². The van der Waals surface area contributed by atoms with Gasteiger partial charge in [0.15, 0.2) is 0 Å². The van der Waals surface area contributed by atoms with Crippen molar-refractivity contribution in [3.8, 4) is 0 Å². The Balaban J connectivity index is 1.77. The number of nitrogens with zero attached hydrogens (tertiary/aromatic N) is 2. The van der Waals surface area contributed by atoms with E-state index in [9.17, 15) is 0 Å². The molecule has 110 valence electrons. The minimum atomic E-state index is 0.724. The summed E-state index contributed by atoms with van der Waals surface area (Å²) in [5.74, 6) is 0. The Morgan fingerprint density at radius 1 is 1.14 bits per heavy atom. The lowest BCUT2D eigenvalue weighted by atomic mass is 10.2. The van der Waals surface area contributed by atoms with Gasteiger partial charge in [-0.1, -0.05) is 29.8 Å². The molecule has 0 aliphatic rings. The highest BCUT2D eigenvalue weighted by Crippen LogP contribution is 2.14. The summed E-state index contributed by atoms with van der Waals surface area (Å²) in [4.78, 5) is 6.50. The first kappa shape index (κ1) is 15.4. The zero-order valence-corrected chi connectivity index (χ0v) is 13.1. The van der Waals surface area contributed by atoms with Gasteiger partial charge in [-0.15, -0.1) is 0 Å². The molecule has 0 atom stereocenters. The Kier molecular flexibility index (Phi) is 5.64. The van der Waals surface area contributed by atoms with Gasteiger partial charge in [-0.05, 0) is 35.9 Å². The molecule has 2 aromatic rings. The molecular formula is C17H20ClN3. The number of nitrogens with one attached hydrogen (secondary N) is 1. The van der Waals surface area contributed by atoms with Crippen LogP contribution in [-0.4, -0.2) is 33.4 Å². The highest BCUT2D eigenvalue weighted by molar-refractivity contribution is 6.30. The van der Waals surface area contributed by atoms with Crippen molar-refractivity contribution in [3.63, 3.8) is 0 Å². The van der Waals surface area contributed by atoms with Gasteiger partial charge >= 0.3 is 0 Å². The lowest BCUT2D eigenvalue weighted by Gasteiger charge is -2.11. The van der Waals surface area contributed by atoms with E-state index in [-0.39, 0.29) is 0 Å².